The number of carbonyl (C=O) groups excluding carboxylic acids is 2. The molecule has 216 valence electrons. The number of rotatable bonds is 10. The maximum atomic E-state index is 13.3. The summed E-state index contributed by atoms with van der Waals surface area (Å²) in [6.07, 6.45) is -0.313. The molecule has 0 spiro atoms. The molecule has 3 aromatic carbocycles. The highest BCUT2D eigenvalue weighted by atomic mass is 16.5. The number of para-hydroxylation sites is 1. The molecule has 0 bridgehead atoms. The maximum Gasteiger partial charge on any atom is 0.335 e. The van der Waals surface area contributed by atoms with Crippen molar-refractivity contribution in [2.24, 2.45) is 0 Å². The Morgan fingerprint density at radius 3 is 2.37 bits per heavy atom. The maximum absolute atomic E-state index is 13.3. The second kappa shape index (κ2) is 13.1. The van der Waals surface area contributed by atoms with Crippen LogP contribution in [0.4, 0.5) is 16.2 Å². The zero-order chi connectivity index (χ0) is 29.5. The molecule has 11 nitrogen and oxygen atoms in total. The fourth-order valence-corrected chi connectivity index (χ4v) is 4.68. The number of urea groups is 1. The van der Waals surface area contributed by atoms with Crippen molar-refractivity contribution in [2.45, 2.75) is 31.9 Å². The first-order chi connectivity index (χ1) is 19.7. The Labute approximate surface area is 237 Å². The standard InChI is InChI=1S/C30H33N3O8/c1-18-6-4-5-7-23(18)31-30(38)32-24-10-8-19(12-26(24)39-2)13-28(35)33-16-22(34)15-21(33)17-41-25-11-9-20(29(36)37)14-27(25)40-3/h4-12,14,21-22,34H,13,15-17H2,1-3H3,(H,36,37)(H2,31,32,38). The molecule has 4 rings (SSSR count). The van der Waals surface area contributed by atoms with Crippen LogP contribution < -0.4 is 24.8 Å². The van der Waals surface area contributed by atoms with Crippen LogP contribution in [0.25, 0.3) is 0 Å². The van der Waals surface area contributed by atoms with E-state index in [1.54, 1.807) is 29.2 Å². The average Bonchev–Trinajstić information content (AvgIpc) is 3.34. The first kappa shape index (κ1) is 29.2. The molecule has 1 aliphatic rings. The highest BCUT2D eigenvalue weighted by molar-refractivity contribution is 6.01. The number of benzene rings is 3. The number of carboxylic acids is 1. The molecule has 3 aromatic rings. The molecular weight excluding hydrogens is 530 g/mol. The van der Waals surface area contributed by atoms with Crippen LogP contribution in [0.15, 0.2) is 60.7 Å². The Bertz CT molecular complexity index is 1430. The lowest BCUT2D eigenvalue weighted by Gasteiger charge is -2.25. The van der Waals surface area contributed by atoms with Crippen LogP contribution in [0, 0.1) is 6.92 Å². The third-order valence-corrected chi connectivity index (χ3v) is 6.82. The van der Waals surface area contributed by atoms with Crippen LogP contribution in [-0.2, 0) is 11.2 Å². The third kappa shape index (κ3) is 7.25. The first-order valence-electron chi connectivity index (χ1n) is 13.0. The number of hydrogen-bond acceptors (Lipinski definition) is 7. The number of hydrogen-bond donors (Lipinski definition) is 4. The molecule has 1 fully saturated rings. The zero-order valence-electron chi connectivity index (χ0n) is 23.0. The van der Waals surface area contributed by atoms with Crippen LogP contribution in [0.1, 0.15) is 27.9 Å². The molecule has 0 saturated carbocycles. The van der Waals surface area contributed by atoms with Crippen molar-refractivity contribution in [3.8, 4) is 17.2 Å². The van der Waals surface area contributed by atoms with Crippen LogP contribution in [0.2, 0.25) is 0 Å². The number of carboxylic acid groups (broad SMARTS) is 1. The quantitative estimate of drug-likeness (QED) is 0.290. The number of aliphatic hydroxyl groups excluding tert-OH is 1. The topological polar surface area (TPSA) is 147 Å². The number of ether oxygens (including phenoxy) is 3. The van der Waals surface area contributed by atoms with Crippen molar-refractivity contribution in [3.05, 3.63) is 77.4 Å². The van der Waals surface area contributed by atoms with Crippen molar-refractivity contribution in [2.75, 3.05) is 38.0 Å². The fraction of sp³-hybridized carbons (Fsp3) is 0.300. The number of aliphatic hydroxyl groups is 1. The van der Waals surface area contributed by atoms with Gasteiger partial charge in [0.15, 0.2) is 11.5 Å². The van der Waals surface area contributed by atoms with E-state index >= 15 is 0 Å². The summed E-state index contributed by atoms with van der Waals surface area (Å²) in [4.78, 5) is 38.6. The second-order valence-electron chi connectivity index (χ2n) is 9.68. The van der Waals surface area contributed by atoms with E-state index in [2.05, 4.69) is 10.6 Å². The van der Waals surface area contributed by atoms with Gasteiger partial charge in [-0.15, -0.1) is 0 Å². The van der Waals surface area contributed by atoms with E-state index in [-0.39, 0.29) is 36.8 Å². The molecule has 1 saturated heterocycles. The number of nitrogens with zero attached hydrogens (tertiary/aromatic N) is 1. The molecule has 0 aliphatic carbocycles. The van der Waals surface area contributed by atoms with Gasteiger partial charge in [0.05, 0.1) is 44.0 Å². The van der Waals surface area contributed by atoms with Gasteiger partial charge in [0.25, 0.3) is 0 Å². The van der Waals surface area contributed by atoms with Crippen molar-refractivity contribution in [1.29, 1.82) is 0 Å². The number of β-amino-alcohol motifs (C(OH)–C–C–N with tert-alkyl or cyclic N) is 1. The van der Waals surface area contributed by atoms with Crippen LogP contribution in [0.5, 0.6) is 17.2 Å². The minimum Gasteiger partial charge on any atom is -0.495 e. The van der Waals surface area contributed by atoms with Crippen molar-refractivity contribution in [1.82, 2.24) is 4.90 Å². The van der Waals surface area contributed by atoms with Crippen molar-refractivity contribution in [3.63, 3.8) is 0 Å². The van der Waals surface area contributed by atoms with Gasteiger partial charge in [0.1, 0.15) is 12.4 Å². The lowest BCUT2D eigenvalue weighted by molar-refractivity contribution is -0.132. The summed E-state index contributed by atoms with van der Waals surface area (Å²) in [6, 6.07) is 16.0. The molecule has 3 amide bonds. The molecule has 11 heteroatoms. The Morgan fingerprint density at radius 1 is 0.927 bits per heavy atom. The van der Waals surface area contributed by atoms with Gasteiger partial charge in [0.2, 0.25) is 5.91 Å². The van der Waals surface area contributed by atoms with Gasteiger partial charge in [-0.1, -0.05) is 24.3 Å². The summed E-state index contributed by atoms with van der Waals surface area (Å²) < 4.78 is 16.6. The van der Waals surface area contributed by atoms with Gasteiger partial charge in [-0.3, -0.25) is 4.79 Å². The summed E-state index contributed by atoms with van der Waals surface area (Å²) in [5, 5.41) is 25.1. The van der Waals surface area contributed by atoms with Gasteiger partial charge >= 0.3 is 12.0 Å². The molecular formula is C30H33N3O8. The average molecular weight is 564 g/mol. The summed E-state index contributed by atoms with van der Waals surface area (Å²) >= 11 is 0. The number of aryl methyl sites for hydroxylation is 1. The predicted molar refractivity (Wildman–Crippen MR) is 152 cm³/mol. The Balaban J connectivity index is 1.39. The van der Waals surface area contributed by atoms with E-state index in [0.717, 1.165) is 5.56 Å². The third-order valence-electron chi connectivity index (χ3n) is 6.82. The molecule has 1 aliphatic heterocycles. The van der Waals surface area contributed by atoms with Gasteiger partial charge < -0.3 is 40.0 Å². The molecule has 2 unspecified atom stereocenters. The SMILES string of the molecule is COc1cc(CC(=O)N2CC(O)CC2COc2ccc(C(=O)O)cc2OC)ccc1NC(=O)Nc1ccccc1C. The summed E-state index contributed by atoms with van der Waals surface area (Å²) in [5.74, 6) is -0.298. The molecule has 1 heterocycles. The minimum absolute atomic E-state index is 0.0475. The van der Waals surface area contributed by atoms with E-state index in [4.69, 9.17) is 14.2 Å². The zero-order valence-corrected chi connectivity index (χ0v) is 23.0. The lowest BCUT2D eigenvalue weighted by atomic mass is 10.1. The smallest absolute Gasteiger partial charge is 0.335 e. The van der Waals surface area contributed by atoms with E-state index in [1.807, 2.05) is 25.1 Å². The largest absolute Gasteiger partial charge is 0.495 e. The minimum atomic E-state index is -1.09. The number of carbonyl (C=O) groups is 3. The summed E-state index contributed by atoms with van der Waals surface area (Å²) in [7, 11) is 2.89. The predicted octanol–water partition coefficient (Wildman–Crippen LogP) is 3.94. The second-order valence-corrected chi connectivity index (χ2v) is 9.68. The number of anilines is 2. The number of amides is 3. The Morgan fingerprint density at radius 2 is 1.66 bits per heavy atom. The molecule has 4 N–H and O–H groups in total. The summed E-state index contributed by atoms with van der Waals surface area (Å²) in [5.41, 5.74) is 2.79. The van der Waals surface area contributed by atoms with Gasteiger partial charge in [0, 0.05) is 12.2 Å². The van der Waals surface area contributed by atoms with Gasteiger partial charge in [-0.25, -0.2) is 9.59 Å². The highest BCUT2D eigenvalue weighted by Crippen LogP contribution is 2.30. The fourth-order valence-electron chi connectivity index (χ4n) is 4.68. The van der Waals surface area contributed by atoms with Crippen LogP contribution in [0.3, 0.4) is 0 Å². The van der Waals surface area contributed by atoms with Crippen molar-refractivity contribution >= 4 is 29.3 Å². The van der Waals surface area contributed by atoms with E-state index in [0.29, 0.717) is 34.9 Å². The van der Waals surface area contributed by atoms with Crippen LogP contribution >= 0.6 is 0 Å². The number of aromatic carboxylic acids is 1. The Kier molecular flexibility index (Phi) is 9.30. The van der Waals surface area contributed by atoms with E-state index < -0.39 is 24.1 Å². The monoisotopic (exact) mass is 563 g/mol. The first-order valence-corrected chi connectivity index (χ1v) is 13.0. The van der Waals surface area contributed by atoms with Crippen molar-refractivity contribution < 1.29 is 38.8 Å². The Hall–Kier alpha value is -4.77. The highest BCUT2D eigenvalue weighted by Gasteiger charge is 2.35. The number of nitrogens with one attached hydrogen (secondary N) is 2. The molecule has 0 aromatic heterocycles. The summed E-state index contributed by atoms with van der Waals surface area (Å²) in [6.45, 7) is 2.15. The number of methoxy groups -OCH3 is 2. The van der Waals surface area contributed by atoms with Crippen LogP contribution in [-0.4, -0.2) is 72.5 Å². The van der Waals surface area contributed by atoms with Gasteiger partial charge in [-0.05, 0) is 60.9 Å². The van der Waals surface area contributed by atoms with Gasteiger partial charge in [-0.2, -0.15) is 0 Å². The van der Waals surface area contributed by atoms with E-state index in [1.165, 1.54) is 32.4 Å². The number of likely N-dealkylation sites (tertiary alicyclic amines) is 1. The lowest BCUT2D eigenvalue weighted by Crippen LogP contribution is -2.40. The molecule has 41 heavy (non-hydrogen) atoms. The molecule has 0 radical (unpaired) electrons. The molecule has 2 atom stereocenters. The van der Waals surface area contributed by atoms with E-state index in [9.17, 15) is 24.6 Å². The normalized spacial score (nSPS) is 16.1.